The second kappa shape index (κ2) is 10.5. The number of carbonyl (C=O) groups excluding carboxylic acids is 3. The minimum absolute atomic E-state index is 0.00545. The highest BCUT2D eigenvalue weighted by molar-refractivity contribution is 6.35. The van der Waals surface area contributed by atoms with E-state index in [2.05, 4.69) is 10.6 Å². The lowest BCUT2D eigenvalue weighted by molar-refractivity contribution is -0.146. The maximum atomic E-state index is 13.7. The minimum atomic E-state index is -0.600. The number of halogens is 1. The van der Waals surface area contributed by atoms with Gasteiger partial charge in [0.05, 0.1) is 5.56 Å². The summed E-state index contributed by atoms with van der Waals surface area (Å²) >= 11 is 0. The van der Waals surface area contributed by atoms with Gasteiger partial charge in [0.25, 0.3) is 5.91 Å². The molecule has 1 aliphatic heterocycles. The van der Waals surface area contributed by atoms with Crippen LogP contribution in [-0.4, -0.2) is 48.3 Å². The molecule has 2 aromatic rings. The predicted molar refractivity (Wildman–Crippen MR) is 111 cm³/mol. The molecule has 1 saturated heterocycles. The largest absolute Gasteiger partial charge is 0.349 e. The quantitative estimate of drug-likeness (QED) is 0.566. The summed E-state index contributed by atoms with van der Waals surface area (Å²) in [6.45, 7) is 1.19. The van der Waals surface area contributed by atoms with Crippen LogP contribution < -0.4 is 10.6 Å². The average Bonchev–Trinajstić information content (AvgIpc) is 2.77. The normalized spacial score (nSPS) is 14.2. The van der Waals surface area contributed by atoms with Gasteiger partial charge < -0.3 is 15.5 Å². The second-order valence-corrected chi connectivity index (χ2v) is 7.36. The van der Waals surface area contributed by atoms with Gasteiger partial charge in [0.2, 0.25) is 0 Å². The van der Waals surface area contributed by atoms with Crippen molar-refractivity contribution in [3.05, 3.63) is 71.5 Å². The highest BCUT2D eigenvalue weighted by Crippen LogP contribution is 2.13. The number of likely N-dealkylation sites (tertiary alicyclic amines) is 1. The summed E-state index contributed by atoms with van der Waals surface area (Å²) in [7, 11) is 0. The Balaban J connectivity index is 1.37. The van der Waals surface area contributed by atoms with E-state index in [1.54, 1.807) is 6.07 Å². The SMILES string of the molecule is O=C(NCCCc1ccccc1)C(=O)N1CCC(NC(=O)c2ccccc2F)CC1. The van der Waals surface area contributed by atoms with Gasteiger partial charge in [-0.15, -0.1) is 0 Å². The predicted octanol–water partition coefficient (Wildman–Crippen LogP) is 2.30. The summed E-state index contributed by atoms with van der Waals surface area (Å²) < 4.78 is 13.7. The summed E-state index contributed by atoms with van der Waals surface area (Å²) in [5, 5.41) is 5.48. The second-order valence-electron chi connectivity index (χ2n) is 7.36. The molecule has 0 bridgehead atoms. The molecule has 0 unspecified atom stereocenters. The smallest absolute Gasteiger partial charge is 0.311 e. The van der Waals surface area contributed by atoms with Gasteiger partial charge >= 0.3 is 11.8 Å². The molecule has 0 atom stereocenters. The van der Waals surface area contributed by atoms with E-state index in [-0.39, 0.29) is 11.6 Å². The molecule has 1 fully saturated rings. The van der Waals surface area contributed by atoms with Crippen LogP contribution in [0, 0.1) is 5.82 Å². The van der Waals surface area contributed by atoms with Crippen molar-refractivity contribution < 1.29 is 18.8 Å². The van der Waals surface area contributed by atoms with Crippen molar-refractivity contribution in [1.29, 1.82) is 0 Å². The Kier molecular flexibility index (Phi) is 7.54. The lowest BCUT2D eigenvalue weighted by Gasteiger charge is -2.32. The van der Waals surface area contributed by atoms with Crippen LogP contribution in [0.25, 0.3) is 0 Å². The minimum Gasteiger partial charge on any atom is -0.349 e. The molecular formula is C23H26FN3O3. The Bertz CT molecular complexity index is 880. The van der Waals surface area contributed by atoms with Crippen LogP contribution in [0.1, 0.15) is 35.2 Å². The van der Waals surface area contributed by atoms with E-state index in [0.29, 0.717) is 32.5 Å². The topological polar surface area (TPSA) is 78.5 Å². The number of nitrogens with zero attached hydrogens (tertiary/aromatic N) is 1. The number of nitrogens with one attached hydrogen (secondary N) is 2. The van der Waals surface area contributed by atoms with Crippen LogP contribution >= 0.6 is 0 Å². The first-order valence-corrected chi connectivity index (χ1v) is 10.2. The van der Waals surface area contributed by atoms with Crippen LogP contribution in [0.5, 0.6) is 0 Å². The fourth-order valence-corrected chi connectivity index (χ4v) is 3.49. The van der Waals surface area contributed by atoms with Gasteiger partial charge in [0.1, 0.15) is 5.82 Å². The number of hydrogen-bond donors (Lipinski definition) is 2. The Morgan fingerprint density at radius 1 is 0.967 bits per heavy atom. The molecule has 1 aliphatic rings. The van der Waals surface area contributed by atoms with Gasteiger partial charge in [0, 0.05) is 25.7 Å². The third-order valence-electron chi connectivity index (χ3n) is 5.20. The van der Waals surface area contributed by atoms with Crippen molar-refractivity contribution in [3.8, 4) is 0 Å². The molecule has 3 rings (SSSR count). The summed E-state index contributed by atoms with van der Waals surface area (Å²) in [5.74, 6) is -2.17. The Morgan fingerprint density at radius 3 is 2.33 bits per heavy atom. The molecule has 158 valence electrons. The van der Waals surface area contributed by atoms with Crippen molar-refractivity contribution >= 4 is 17.7 Å². The first kappa shape index (κ1) is 21.5. The highest BCUT2D eigenvalue weighted by atomic mass is 19.1. The summed E-state index contributed by atoms with van der Waals surface area (Å²) in [5.41, 5.74) is 1.20. The Hall–Kier alpha value is -3.22. The zero-order chi connectivity index (χ0) is 21.3. The molecule has 1 heterocycles. The first-order chi connectivity index (χ1) is 14.5. The monoisotopic (exact) mass is 411 g/mol. The third kappa shape index (κ3) is 5.89. The van der Waals surface area contributed by atoms with Gasteiger partial charge in [-0.25, -0.2) is 4.39 Å². The van der Waals surface area contributed by atoms with Crippen molar-refractivity contribution in [1.82, 2.24) is 15.5 Å². The van der Waals surface area contributed by atoms with E-state index in [1.807, 2.05) is 30.3 Å². The summed E-state index contributed by atoms with van der Waals surface area (Å²) in [4.78, 5) is 38.2. The van der Waals surface area contributed by atoms with Gasteiger partial charge in [-0.1, -0.05) is 42.5 Å². The Morgan fingerprint density at radius 2 is 1.63 bits per heavy atom. The van der Waals surface area contributed by atoms with Gasteiger partial charge in [0.15, 0.2) is 0 Å². The summed E-state index contributed by atoms with van der Waals surface area (Å²) in [6.07, 6.45) is 2.63. The molecule has 0 saturated carbocycles. The molecule has 30 heavy (non-hydrogen) atoms. The number of hydrogen-bond acceptors (Lipinski definition) is 3. The summed E-state index contributed by atoms with van der Waals surface area (Å²) in [6, 6.07) is 15.6. The van der Waals surface area contributed by atoms with Crippen molar-refractivity contribution in [2.45, 2.75) is 31.7 Å². The van der Waals surface area contributed by atoms with Crippen molar-refractivity contribution in [2.24, 2.45) is 0 Å². The number of aryl methyl sites for hydroxylation is 1. The van der Waals surface area contributed by atoms with E-state index >= 15 is 0 Å². The van der Waals surface area contributed by atoms with E-state index in [1.165, 1.54) is 28.7 Å². The van der Waals surface area contributed by atoms with Gasteiger partial charge in [-0.3, -0.25) is 14.4 Å². The first-order valence-electron chi connectivity index (χ1n) is 10.2. The molecule has 0 aliphatic carbocycles. The molecule has 2 N–H and O–H groups in total. The molecule has 7 heteroatoms. The molecule has 3 amide bonds. The van der Waals surface area contributed by atoms with Gasteiger partial charge in [-0.05, 0) is 43.4 Å². The molecule has 0 aromatic heterocycles. The van der Waals surface area contributed by atoms with Crippen LogP contribution in [0.3, 0.4) is 0 Å². The maximum Gasteiger partial charge on any atom is 0.311 e. The van der Waals surface area contributed by atoms with Crippen molar-refractivity contribution in [3.63, 3.8) is 0 Å². The van der Waals surface area contributed by atoms with E-state index in [9.17, 15) is 18.8 Å². The van der Waals surface area contributed by atoms with Crippen LogP contribution in [0.4, 0.5) is 4.39 Å². The van der Waals surface area contributed by atoms with Crippen LogP contribution in [0.15, 0.2) is 54.6 Å². The Labute approximate surface area is 175 Å². The fourth-order valence-electron chi connectivity index (χ4n) is 3.49. The lowest BCUT2D eigenvalue weighted by Crippen LogP contribution is -2.50. The average molecular weight is 411 g/mol. The molecule has 0 radical (unpaired) electrons. The number of benzene rings is 2. The van der Waals surface area contributed by atoms with Crippen LogP contribution in [-0.2, 0) is 16.0 Å². The molecule has 6 nitrogen and oxygen atoms in total. The number of rotatable bonds is 6. The zero-order valence-electron chi connectivity index (χ0n) is 16.8. The third-order valence-corrected chi connectivity index (χ3v) is 5.20. The van der Waals surface area contributed by atoms with E-state index < -0.39 is 23.5 Å². The highest BCUT2D eigenvalue weighted by Gasteiger charge is 2.28. The van der Waals surface area contributed by atoms with Crippen molar-refractivity contribution in [2.75, 3.05) is 19.6 Å². The van der Waals surface area contributed by atoms with Crippen LogP contribution in [0.2, 0.25) is 0 Å². The lowest BCUT2D eigenvalue weighted by atomic mass is 10.0. The number of carbonyl (C=O) groups is 3. The molecule has 0 spiro atoms. The number of amides is 3. The van der Waals surface area contributed by atoms with E-state index in [4.69, 9.17) is 0 Å². The fraction of sp³-hybridized carbons (Fsp3) is 0.348. The molecular weight excluding hydrogens is 385 g/mol. The van der Waals surface area contributed by atoms with Gasteiger partial charge in [-0.2, -0.15) is 0 Å². The van der Waals surface area contributed by atoms with E-state index in [0.717, 1.165) is 12.8 Å². The molecule has 2 aromatic carbocycles. The standard InChI is InChI=1S/C23H26FN3O3/c24-20-11-5-4-10-19(20)21(28)26-18-12-15-27(16-13-18)23(30)22(29)25-14-6-9-17-7-2-1-3-8-17/h1-5,7-8,10-11,18H,6,9,12-16H2,(H,25,29)(H,26,28). The zero-order valence-corrected chi connectivity index (χ0v) is 16.8. The maximum absolute atomic E-state index is 13.7. The number of piperidine rings is 1.